The number of carbonyl (C=O) groups is 1. The summed E-state index contributed by atoms with van der Waals surface area (Å²) in [4.78, 5) is 13.2. The van der Waals surface area contributed by atoms with Crippen LogP contribution in [-0.2, 0) is 11.2 Å². The minimum atomic E-state index is -0.940. The highest BCUT2D eigenvalue weighted by atomic mass is 35.5. The van der Waals surface area contributed by atoms with Crippen LogP contribution in [0.3, 0.4) is 0 Å². The molecule has 2 atom stereocenters. The first-order chi connectivity index (χ1) is 8.49. The Balaban J connectivity index is 2.08. The number of halogens is 2. The molecule has 1 heterocycles. The number of rotatable bonds is 2. The van der Waals surface area contributed by atoms with Gasteiger partial charge in [-0.15, -0.1) is 0 Å². The van der Waals surface area contributed by atoms with E-state index in [4.69, 9.17) is 11.6 Å². The van der Waals surface area contributed by atoms with Crippen LogP contribution in [-0.4, -0.2) is 46.3 Å². The van der Waals surface area contributed by atoms with E-state index in [1.54, 1.807) is 0 Å². The third-order valence-electron chi connectivity index (χ3n) is 3.00. The number of nitrogens with zero attached hydrogens (tertiary/aromatic N) is 1. The van der Waals surface area contributed by atoms with Crippen LogP contribution in [0.2, 0.25) is 5.02 Å². The van der Waals surface area contributed by atoms with E-state index >= 15 is 0 Å². The molecule has 6 heteroatoms. The highest BCUT2D eigenvalue weighted by Gasteiger charge is 2.32. The van der Waals surface area contributed by atoms with Crippen molar-refractivity contribution < 1.29 is 19.4 Å². The van der Waals surface area contributed by atoms with Crippen molar-refractivity contribution >= 4 is 17.5 Å². The fourth-order valence-electron chi connectivity index (χ4n) is 1.94. The minimum Gasteiger partial charge on any atom is -0.388 e. The SMILES string of the molecule is O=C(Cc1c(F)cccc1Cl)N1CC(O)C(O)C1. The highest BCUT2D eigenvalue weighted by molar-refractivity contribution is 6.31. The lowest BCUT2D eigenvalue weighted by Crippen LogP contribution is -2.31. The van der Waals surface area contributed by atoms with E-state index in [1.165, 1.54) is 23.1 Å². The predicted molar refractivity (Wildman–Crippen MR) is 63.7 cm³/mol. The molecule has 98 valence electrons. The van der Waals surface area contributed by atoms with Crippen molar-refractivity contribution in [3.05, 3.63) is 34.6 Å². The van der Waals surface area contributed by atoms with Crippen LogP contribution >= 0.6 is 11.6 Å². The van der Waals surface area contributed by atoms with Gasteiger partial charge in [0.25, 0.3) is 0 Å². The van der Waals surface area contributed by atoms with Crippen LogP contribution < -0.4 is 0 Å². The van der Waals surface area contributed by atoms with Gasteiger partial charge in [-0.25, -0.2) is 4.39 Å². The fraction of sp³-hybridized carbons (Fsp3) is 0.417. The average molecular weight is 274 g/mol. The van der Waals surface area contributed by atoms with Gasteiger partial charge in [-0.2, -0.15) is 0 Å². The number of benzene rings is 1. The Bertz CT molecular complexity index is 438. The Hall–Kier alpha value is -1.17. The van der Waals surface area contributed by atoms with Gasteiger partial charge in [0.2, 0.25) is 5.91 Å². The normalized spacial score (nSPS) is 23.4. The van der Waals surface area contributed by atoms with Crippen molar-refractivity contribution in [1.82, 2.24) is 4.90 Å². The number of likely N-dealkylation sites (tertiary alicyclic amines) is 1. The van der Waals surface area contributed by atoms with Crippen molar-refractivity contribution in [1.29, 1.82) is 0 Å². The zero-order valence-corrected chi connectivity index (χ0v) is 10.3. The molecule has 0 spiro atoms. The summed E-state index contributed by atoms with van der Waals surface area (Å²) in [7, 11) is 0. The Labute approximate surface area is 109 Å². The topological polar surface area (TPSA) is 60.8 Å². The zero-order chi connectivity index (χ0) is 13.3. The van der Waals surface area contributed by atoms with Crippen molar-refractivity contribution in [2.24, 2.45) is 0 Å². The van der Waals surface area contributed by atoms with E-state index < -0.39 is 18.0 Å². The van der Waals surface area contributed by atoms with Gasteiger partial charge in [-0.3, -0.25) is 4.79 Å². The lowest BCUT2D eigenvalue weighted by molar-refractivity contribution is -0.130. The van der Waals surface area contributed by atoms with Crippen molar-refractivity contribution in [3.63, 3.8) is 0 Å². The van der Waals surface area contributed by atoms with Gasteiger partial charge in [0, 0.05) is 23.7 Å². The molecule has 0 aliphatic carbocycles. The molecule has 1 aliphatic heterocycles. The molecule has 1 aromatic rings. The summed E-state index contributed by atoms with van der Waals surface area (Å²) in [5, 5.41) is 18.9. The molecular formula is C12H13ClFNO3. The molecule has 1 fully saturated rings. The molecule has 2 rings (SSSR count). The van der Waals surface area contributed by atoms with Crippen LogP contribution in [0, 0.1) is 5.82 Å². The first-order valence-electron chi connectivity index (χ1n) is 5.56. The summed E-state index contributed by atoms with van der Waals surface area (Å²) in [5.41, 5.74) is 0.139. The summed E-state index contributed by atoms with van der Waals surface area (Å²) < 4.78 is 13.5. The lowest BCUT2D eigenvalue weighted by atomic mass is 10.1. The molecule has 1 aliphatic rings. The maximum atomic E-state index is 13.5. The Morgan fingerprint density at radius 3 is 2.56 bits per heavy atom. The first-order valence-corrected chi connectivity index (χ1v) is 5.93. The van der Waals surface area contributed by atoms with Gasteiger partial charge < -0.3 is 15.1 Å². The Morgan fingerprint density at radius 1 is 1.39 bits per heavy atom. The highest BCUT2D eigenvalue weighted by Crippen LogP contribution is 2.21. The summed E-state index contributed by atoms with van der Waals surface area (Å²) in [5.74, 6) is -0.895. The summed E-state index contributed by atoms with van der Waals surface area (Å²) in [6, 6.07) is 4.22. The van der Waals surface area contributed by atoms with Gasteiger partial charge in [0.15, 0.2) is 0 Å². The number of carbonyl (C=O) groups excluding carboxylic acids is 1. The van der Waals surface area contributed by atoms with Crippen LogP contribution in [0.4, 0.5) is 4.39 Å². The number of hydrogen-bond donors (Lipinski definition) is 2. The lowest BCUT2D eigenvalue weighted by Gasteiger charge is -2.16. The van der Waals surface area contributed by atoms with E-state index in [1.807, 2.05) is 0 Å². The third kappa shape index (κ3) is 2.63. The van der Waals surface area contributed by atoms with Gasteiger partial charge in [0.05, 0.1) is 18.6 Å². The summed E-state index contributed by atoms with van der Waals surface area (Å²) >= 11 is 5.83. The summed E-state index contributed by atoms with van der Waals surface area (Å²) in [6.45, 7) is 0.123. The Morgan fingerprint density at radius 2 is 2.00 bits per heavy atom. The van der Waals surface area contributed by atoms with E-state index in [2.05, 4.69) is 0 Å². The average Bonchev–Trinajstić information content (AvgIpc) is 2.64. The molecule has 1 aromatic carbocycles. The smallest absolute Gasteiger partial charge is 0.227 e. The van der Waals surface area contributed by atoms with Crippen molar-refractivity contribution in [2.75, 3.05) is 13.1 Å². The summed E-state index contributed by atoms with van der Waals surface area (Å²) in [6.07, 6.45) is -2.06. The maximum absolute atomic E-state index is 13.5. The van der Waals surface area contributed by atoms with Crippen LogP contribution in [0.15, 0.2) is 18.2 Å². The van der Waals surface area contributed by atoms with Gasteiger partial charge in [-0.1, -0.05) is 17.7 Å². The number of aliphatic hydroxyl groups excluding tert-OH is 2. The second kappa shape index (κ2) is 5.22. The van der Waals surface area contributed by atoms with E-state index in [0.29, 0.717) is 0 Å². The second-order valence-electron chi connectivity index (χ2n) is 4.31. The maximum Gasteiger partial charge on any atom is 0.227 e. The number of hydrogen-bond acceptors (Lipinski definition) is 3. The fourth-order valence-corrected chi connectivity index (χ4v) is 2.17. The second-order valence-corrected chi connectivity index (χ2v) is 4.72. The monoisotopic (exact) mass is 273 g/mol. The van der Waals surface area contributed by atoms with Crippen LogP contribution in [0.5, 0.6) is 0 Å². The van der Waals surface area contributed by atoms with Crippen molar-refractivity contribution in [3.8, 4) is 0 Å². The van der Waals surface area contributed by atoms with Crippen LogP contribution in [0.1, 0.15) is 5.56 Å². The van der Waals surface area contributed by atoms with Gasteiger partial charge >= 0.3 is 0 Å². The molecule has 0 saturated carbocycles. The van der Waals surface area contributed by atoms with Crippen LogP contribution in [0.25, 0.3) is 0 Å². The predicted octanol–water partition coefficient (Wildman–Crippen LogP) is 0.586. The van der Waals surface area contributed by atoms with Gasteiger partial charge in [-0.05, 0) is 12.1 Å². The molecule has 18 heavy (non-hydrogen) atoms. The number of amides is 1. The van der Waals surface area contributed by atoms with E-state index in [-0.39, 0.29) is 36.0 Å². The molecule has 0 bridgehead atoms. The number of β-amino-alcohol motifs (C(OH)–C–C–N with tert-alkyl or cyclic N) is 2. The Kier molecular flexibility index (Phi) is 3.85. The number of aliphatic hydroxyl groups is 2. The molecule has 1 saturated heterocycles. The van der Waals surface area contributed by atoms with Crippen molar-refractivity contribution in [2.45, 2.75) is 18.6 Å². The molecular weight excluding hydrogens is 261 g/mol. The van der Waals surface area contributed by atoms with E-state index in [0.717, 1.165) is 0 Å². The van der Waals surface area contributed by atoms with E-state index in [9.17, 15) is 19.4 Å². The standard InChI is InChI=1S/C12H13ClFNO3/c13-8-2-1-3-9(14)7(8)4-12(18)15-5-10(16)11(17)6-15/h1-3,10-11,16-17H,4-6H2. The molecule has 2 N–H and O–H groups in total. The van der Waals surface area contributed by atoms with Gasteiger partial charge in [0.1, 0.15) is 5.82 Å². The third-order valence-corrected chi connectivity index (χ3v) is 3.36. The molecule has 1 amide bonds. The minimum absolute atomic E-state index is 0.0616. The zero-order valence-electron chi connectivity index (χ0n) is 9.51. The largest absolute Gasteiger partial charge is 0.388 e. The first kappa shape index (κ1) is 13.3. The quantitative estimate of drug-likeness (QED) is 0.829. The molecule has 4 nitrogen and oxygen atoms in total. The molecule has 0 aromatic heterocycles. The molecule has 2 unspecified atom stereocenters. The molecule has 0 radical (unpaired) electrons.